The number of carbonyl (C=O) groups is 7. The van der Waals surface area contributed by atoms with Gasteiger partial charge in [-0.15, -0.1) is 0 Å². The summed E-state index contributed by atoms with van der Waals surface area (Å²) < 4.78 is 0. The van der Waals surface area contributed by atoms with Crippen LogP contribution in [-0.2, 0) is 20.8 Å². The number of hydrogen-bond donors (Lipinski definition) is 18. The Bertz CT molecular complexity index is 4660. The number of carbonyl (C=O) groups excluding carboxylic acids is 7. The molecule has 0 unspecified atom stereocenters. The van der Waals surface area contributed by atoms with Crippen molar-refractivity contribution in [3.05, 3.63) is 83.4 Å². The molecule has 5 aromatic rings. The molecule has 7 amide bonds. The standard InChI is InChI=1S/C22H34N6O.C20H31N5O2.C19H28N6O2.C19H30N6O.C17H28N6O/c1-15(28-12-3-2-4-13-28)16-8-10-18(11-9-16)25-21-19(20(23)29)14-24-22(27-21)26-17-6-5-7-17;1-2-18(26)23-15-9-7-13(8-10-15)11-17-16(19(21)27)12-22-20(25-17)24-14-5-3-4-6-14;20-16(26)15-10-21-19(24-12-2-1-3-12)25-17(15)22-13-6-4-11(5-7-13)18(27)23-14-8-9-14;1-12(20)16-11-22-19(24-14-5-3-4-6-14)25-17(16)23-15-9-7-13(8-10-15)18(26)21-2;18-9-11-5-7-13(8-6-11)21-16-14(15(19)24)10-20-17(23-16)22-12-3-1-2-4-12/h14,16-18H,1-13H2,(H2,23,29)(H2,24,25,26,27);12-15H,2-11H2,1H3,(H2,21,27)(H,23,26)(H,22,24,25);10-14H,1-9H2,(H2,20,26)(H,23,27)(H2,21,22,24,25);11,13-15H,1,3-10,20H2,2H3,(H,21,26)(H2,22,23,24,25);10-13H,1-9,18H2,(H2,19,24)(H2,20,21,22,23). The summed E-state index contributed by atoms with van der Waals surface area (Å²) in [5.41, 5.74) is 38.5. The number of piperidine rings is 1. The van der Waals surface area contributed by atoms with Crippen LogP contribution >= 0.6 is 0 Å². The van der Waals surface area contributed by atoms with Gasteiger partial charge in [-0.3, -0.25) is 33.6 Å². The third-order valence-electron chi connectivity index (χ3n) is 29.3. The lowest BCUT2D eigenvalue weighted by Gasteiger charge is -2.38. The lowest BCUT2D eigenvalue weighted by molar-refractivity contribution is -0.126. The Kier molecular flexibility index (Phi) is 37.2. The summed E-state index contributed by atoms with van der Waals surface area (Å²) in [6, 6.07) is 3.91. The number of nitrogens with two attached hydrogens (primary N) is 6. The van der Waals surface area contributed by atoms with E-state index in [2.05, 4.69) is 132 Å². The lowest BCUT2D eigenvalue weighted by atomic mass is 9.82. The van der Waals surface area contributed by atoms with E-state index in [1.54, 1.807) is 25.6 Å². The van der Waals surface area contributed by atoms with Gasteiger partial charge in [-0.05, 0) is 268 Å². The summed E-state index contributed by atoms with van der Waals surface area (Å²) in [4.78, 5) is 130. The van der Waals surface area contributed by atoms with E-state index < -0.39 is 23.6 Å². The molecule has 0 spiro atoms. The highest BCUT2D eigenvalue weighted by Crippen LogP contribution is 2.38. The summed E-state index contributed by atoms with van der Waals surface area (Å²) >= 11 is 0. The van der Waals surface area contributed by atoms with E-state index in [-0.39, 0.29) is 47.7 Å². The van der Waals surface area contributed by atoms with Gasteiger partial charge in [0.15, 0.2) is 0 Å². The Labute approximate surface area is 784 Å². The first kappa shape index (κ1) is 99.4. The predicted molar refractivity (Wildman–Crippen MR) is 522 cm³/mol. The first-order valence-electron chi connectivity index (χ1n) is 50.3. The normalized spacial score (nSPS) is 24.4. The highest BCUT2D eigenvalue weighted by molar-refractivity contribution is 5.99. The number of likely N-dealkylation sites (tertiary alicyclic amines) is 1. The average molecular weight is 1840 g/mol. The first-order chi connectivity index (χ1) is 64.4. The molecule has 0 aromatic carbocycles. The van der Waals surface area contributed by atoms with Gasteiger partial charge in [0.05, 0.1) is 33.5 Å². The molecule has 0 radical (unpaired) electrons. The number of rotatable bonds is 33. The topological polar surface area (TPSA) is 552 Å². The Balaban J connectivity index is 0.000000141. The molecular weight excluding hydrogens is 1680 g/mol. The molecule has 0 atom stereocenters. The number of aromatic nitrogens is 10. The molecule has 5 aromatic heterocycles. The Hall–Kier alpha value is -11.1. The van der Waals surface area contributed by atoms with Gasteiger partial charge in [0, 0.05) is 147 Å². The lowest BCUT2D eigenvalue weighted by Crippen LogP contribution is -2.37. The second kappa shape index (κ2) is 49.8. The van der Waals surface area contributed by atoms with Crippen LogP contribution in [0.15, 0.2) is 49.8 Å². The van der Waals surface area contributed by atoms with Crippen molar-refractivity contribution in [2.45, 2.75) is 362 Å². The van der Waals surface area contributed by atoms with Crippen molar-refractivity contribution in [3.8, 4) is 0 Å². The molecule has 0 bridgehead atoms. The fourth-order valence-electron chi connectivity index (χ4n) is 20.3. The first-order valence-corrected chi connectivity index (χ1v) is 50.3. The number of nitrogens with zero attached hydrogens (tertiary/aromatic N) is 11. The zero-order valence-electron chi connectivity index (χ0n) is 78.7. The zero-order chi connectivity index (χ0) is 93.7. The quantitative estimate of drug-likeness (QED) is 0.0185. The number of nitrogens with one attached hydrogen (secondary N) is 12. The van der Waals surface area contributed by atoms with Crippen molar-refractivity contribution in [2.75, 3.05) is 74.5 Å². The molecular formula is C97H151N29O7. The van der Waals surface area contributed by atoms with Crippen molar-refractivity contribution >= 4 is 100 Å². The van der Waals surface area contributed by atoms with Gasteiger partial charge in [0.25, 0.3) is 23.6 Å². The van der Waals surface area contributed by atoms with E-state index in [0.717, 1.165) is 236 Å². The monoisotopic (exact) mass is 1830 g/mol. The number of allylic oxidation sites excluding steroid dienone is 1. The maximum Gasteiger partial charge on any atom is 0.254 e. The van der Waals surface area contributed by atoms with Crippen molar-refractivity contribution in [3.63, 3.8) is 0 Å². The number of anilines is 9. The smallest absolute Gasteiger partial charge is 0.254 e. The molecule has 17 rings (SSSR count). The van der Waals surface area contributed by atoms with Crippen molar-refractivity contribution in [1.29, 1.82) is 0 Å². The van der Waals surface area contributed by atoms with Crippen LogP contribution < -0.4 is 98.2 Å². The SMILES string of the molecule is C=C(C1CCC(Nc2nc(NC3CCC3)ncc2C(N)=O)CC1)N1CCCCC1.C=C(N)c1cnc(NC2CCCC2)nc1NC1CCC(C(=O)NC)CC1.CCC(=O)NC1CCC(Cc2nc(NC3CCCC3)ncc2C(N)=O)CC1.NC(=O)c1cnc(NC2CCC2)nc1NC1CCC(C(=O)NC2CC2)CC1.NCC1CCC(Nc2nc(NC3CCCC3)ncc2C(N)=O)CC1. The predicted octanol–water partition coefficient (Wildman–Crippen LogP) is 12.2. The molecule has 12 fully saturated rings. The van der Waals surface area contributed by atoms with Crippen LogP contribution in [0.5, 0.6) is 0 Å². The fourth-order valence-corrected chi connectivity index (χ4v) is 20.3. The minimum Gasteiger partial charge on any atom is -0.399 e. The molecule has 36 nitrogen and oxygen atoms in total. The van der Waals surface area contributed by atoms with Gasteiger partial charge in [-0.25, -0.2) is 29.9 Å². The van der Waals surface area contributed by atoms with Crippen molar-refractivity contribution in [1.82, 2.24) is 70.7 Å². The highest BCUT2D eigenvalue weighted by Gasteiger charge is 2.36. The molecule has 6 heterocycles. The number of primary amides is 4. The number of hydrogen-bond acceptors (Lipinski definition) is 29. The molecule has 1 saturated heterocycles. The van der Waals surface area contributed by atoms with Crippen LogP contribution in [0.2, 0.25) is 0 Å². The van der Waals surface area contributed by atoms with Gasteiger partial charge >= 0.3 is 0 Å². The van der Waals surface area contributed by atoms with E-state index in [9.17, 15) is 33.6 Å². The zero-order valence-corrected chi connectivity index (χ0v) is 78.7. The van der Waals surface area contributed by atoms with Gasteiger partial charge in [-0.2, -0.15) is 19.9 Å². The minimum atomic E-state index is -0.537. The minimum absolute atomic E-state index is 0.0977. The van der Waals surface area contributed by atoms with E-state index in [1.165, 1.54) is 102 Å². The summed E-state index contributed by atoms with van der Waals surface area (Å²) in [6.45, 7) is 13.2. The maximum atomic E-state index is 12.2. The summed E-state index contributed by atoms with van der Waals surface area (Å²) in [6.07, 6.45) is 56.4. The summed E-state index contributed by atoms with van der Waals surface area (Å²) in [7, 11) is 1.70. The van der Waals surface area contributed by atoms with E-state index >= 15 is 0 Å². The third kappa shape index (κ3) is 30.2. The molecule has 133 heavy (non-hydrogen) atoms. The average Bonchev–Trinajstić information content (AvgIpc) is 1.74. The molecule has 726 valence electrons. The van der Waals surface area contributed by atoms with Crippen LogP contribution in [0.4, 0.5) is 53.0 Å². The van der Waals surface area contributed by atoms with Crippen LogP contribution in [0.1, 0.15) is 342 Å². The van der Waals surface area contributed by atoms with Crippen LogP contribution in [-0.4, -0.2) is 189 Å². The van der Waals surface area contributed by atoms with E-state index in [0.29, 0.717) is 148 Å². The van der Waals surface area contributed by atoms with Crippen LogP contribution in [0.25, 0.3) is 5.70 Å². The Morgan fingerprint density at radius 2 is 0.632 bits per heavy atom. The molecule has 11 aliphatic carbocycles. The van der Waals surface area contributed by atoms with Crippen LogP contribution in [0.3, 0.4) is 0 Å². The molecule has 1 aliphatic heterocycles. The van der Waals surface area contributed by atoms with Crippen LogP contribution in [0, 0.1) is 29.6 Å². The van der Waals surface area contributed by atoms with Gasteiger partial charge in [-0.1, -0.05) is 58.6 Å². The third-order valence-corrected chi connectivity index (χ3v) is 29.3. The van der Waals surface area contributed by atoms with Gasteiger partial charge in [0.1, 0.15) is 23.3 Å². The molecule has 36 heteroatoms. The second-order valence-corrected chi connectivity index (χ2v) is 39.2. The Morgan fingerprint density at radius 1 is 0.331 bits per heavy atom. The second-order valence-electron chi connectivity index (χ2n) is 39.2. The summed E-state index contributed by atoms with van der Waals surface area (Å²) in [5, 5.41) is 39.5. The van der Waals surface area contributed by atoms with Crippen molar-refractivity contribution in [2.24, 2.45) is 64.0 Å². The maximum absolute atomic E-state index is 12.2. The molecule has 11 saturated carbocycles. The van der Waals surface area contributed by atoms with E-state index in [4.69, 9.17) is 34.4 Å². The van der Waals surface area contributed by atoms with Gasteiger partial charge in [0.2, 0.25) is 47.5 Å². The fraction of sp³-hybridized carbons (Fsp3) is 0.680. The highest BCUT2D eigenvalue weighted by atomic mass is 16.2. The Morgan fingerprint density at radius 3 is 0.970 bits per heavy atom. The molecule has 24 N–H and O–H groups in total. The van der Waals surface area contributed by atoms with Crippen molar-refractivity contribution < 1.29 is 33.6 Å². The summed E-state index contributed by atoms with van der Waals surface area (Å²) in [5.74, 6) is 5.58. The van der Waals surface area contributed by atoms with Gasteiger partial charge < -0.3 is 103 Å². The largest absolute Gasteiger partial charge is 0.399 e. The number of amides is 7. The molecule has 12 aliphatic rings. The van der Waals surface area contributed by atoms with E-state index in [1.807, 2.05) is 6.92 Å².